The number of thioether (sulfide) groups is 1. The van der Waals surface area contributed by atoms with Gasteiger partial charge in [-0.2, -0.15) is 0 Å². The number of piperidine rings is 1. The summed E-state index contributed by atoms with van der Waals surface area (Å²) in [6.45, 7) is 2.36. The topological polar surface area (TPSA) is 104 Å². The van der Waals surface area contributed by atoms with E-state index in [0.29, 0.717) is 52.9 Å². The van der Waals surface area contributed by atoms with Gasteiger partial charge in [-0.1, -0.05) is 17.7 Å². The second-order valence-corrected chi connectivity index (χ2v) is 11.1. The number of benzene rings is 2. The number of nitrogens with zero attached hydrogens (tertiary/aromatic N) is 2. The van der Waals surface area contributed by atoms with E-state index in [1.54, 1.807) is 26.0 Å². The lowest BCUT2D eigenvalue weighted by Crippen LogP contribution is -2.48. The van der Waals surface area contributed by atoms with Gasteiger partial charge in [-0.25, -0.2) is 5.48 Å². The molecule has 2 aromatic carbocycles. The standard InChI is InChI=1S/C28H34ClN3O5S/c1-36-19-4-3-5-21(16-19)38-15-14-32-12-10-28(11-13-32,27(34)31-35)9-8-25(33)26-22-17-20(37-2)6-7-24(22)30-18-23(26)29/h3-7,16-18,25,33,35H,8-15H2,1-2H3,(H,31,34)/t25-/m1/s1. The minimum atomic E-state index is -0.902. The SMILES string of the molecule is COc1cccc(SCCN2CCC(CC[C@@H](O)c3c(Cl)cnc4ccc(OC)cc34)(C(=O)NO)CC2)c1. The fourth-order valence-electron chi connectivity index (χ4n) is 5.09. The van der Waals surface area contributed by atoms with Crippen molar-refractivity contribution in [1.82, 2.24) is 15.4 Å². The molecule has 2 heterocycles. The molecule has 1 saturated heterocycles. The van der Waals surface area contributed by atoms with Gasteiger partial charge in [-0.3, -0.25) is 15.0 Å². The zero-order valence-electron chi connectivity index (χ0n) is 21.7. The molecule has 1 fully saturated rings. The Balaban J connectivity index is 1.38. The highest BCUT2D eigenvalue weighted by Crippen LogP contribution is 2.41. The normalized spacial score (nSPS) is 16.2. The van der Waals surface area contributed by atoms with Gasteiger partial charge >= 0.3 is 0 Å². The maximum absolute atomic E-state index is 12.8. The zero-order chi connectivity index (χ0) is 27.1. The Bertz CT molecular complexity index is 1250. The van der Waals surface area contributed by atoms with Crippen LogP contribution in [0.1, 0.15) is 37.4 Å². The Kier molecular flexibility index (Phi) is 9.73. The molecule has 38 heavy (non-hydrogen) atoms. The Hall–Kier alpha value is -2.56. The number of carbonyl (C=O) groups is 1. The molecule has 0 radical (unpaired) electrons. The second-order valence-electron chi connectivity index (χ2n) is 9.55. The van der Waals surface area contributed by atoms with Gasteiger partial charge in [0.25, 0.3) is 0 Å². The van der Waals surface area contributed by atoms with Gasteiger partial charge in [0, 0.05) is 34.3 Å². The third-order valence-corrected chi connectivity index (χ3v) is 8.69. The summed E-state index contributed by atoms with van der Waals surface area (Å²) < 4.78 is 10.6. The van der Waals surface area contributed by atoms with Crippen LogP contribution in [0.5, 0.6) is 11.5 Å². The largest absolute Gasteiger partial charge is 0.497 e. The molecule has 0 spiro atoms. The fourth-order valence-corrected chi connectivity index (χ4v) is 6.32. The number of aliphatic hydroxyl groups is 1. The first-order chi connectivity index (χ1) is 18.4. The average Bonchev–Trinajstić information content (AvgIpc) is 2.96. The number of pyridine rings is 1. The van der Waals surface area contributed by atoms with Gasteiger partial charge in [0.05, 0.1) is 36.3 Å². The number of aliphatic hydroxyl groups excluding tert-OH is 1. The van der Waals surface area contributed by atoms with Crippen LogP contribution in [0.15, 0.2) is 53.6 Å². The number of amides is 1. The lowest BCUT2D eigenvalue weighted by Gasteiger charge is -2.40. The number of hydrogen-bond donors (Lipinski definition) is 3. The zero-order valence-corrected chi connectivity index (χ0v) is 23.2. The molecule has 3 N–H and O–H groups in total. The van der Waals surface area contributed by atoms with E-state index in [4.69, 9.17) is 21.1 Å². The molecule has 1 amide bonds. The molecule has 1 aromatic heterocycles. The predicted octanol–water partition coefficient (Wildman–Crippen LogP) is 5.10. The van der Waals surface area contributed by atoms with E-state index in [0.717, 1.165) is 36.0 Å². The van der Waals surface area contributed by atoms with Crippen molar-refractivity contribution in [1.29, 1.82) is 0 Å². The summed E-state index contributed by atoms with van der Waals surface area (Å²) in [5.74, 6) is 2.00. The van der Waals surface area contributed by atoms with Crippen molar-refractivity contribution < 1.29 is 24.6 Å². The first-order valence-corrected chi connectivity index (χ1v) is 14.0. The Morgan fingerprint density at radius 1 is 1.18 bits per heavy atom. The lowest BCUT2D eigenvalue weighted by molar-refractivity contribution is -0.143. The van der Waals surface area contributed by atoms with Crippen LogP contribution in [0.3, 0.4) is 0 Å². The molecule has 0 unspecified atom stereocenters. The van der Waals surface area contributed by atoms with Crippen LogP contribution in [0, 0.1) is 5.41 Å². The molecule has 4 rings (SSSR count). The number of carbonyl (C=O) groups excluding carboxylic acids is 1. The number of ether oxygens (including phenoxy) is 2. The summed E-state index contributed by atoms with van der Waals surface area (Å²) in [5, 5.41) is 21.8. The van der Waals surface area contributed by atoms with Crippen molar-refractivity contribution in [2.45, 2.75) is 36.7 Å². The highest BCUT2D eigenvalue weighted by atomic mass is 35.5. The molecule has 0 aliphatic carbocycles. The van der Waals surface area contributed by atoms with Crippen molar-refractivity contribution in [3.05, 3.63) is 59.2 Å². The minimum Gasteiger partial charge on any atom is -0.497 e. The number of fused-ring (bicyclic) bond motifs is 1. The number of halogens is 1. The first-order valence-electron chi connectivity index (χ1n) is 12.6. The monoisotopic (exact) mass is 559 g/mol. The molecular weight excluding hydrogens is 526 g/mol. The van der Waals surface area contributed by atoms with E-state index >= 15 is 0 Å². The van der Waals surface area contributed by atoms with Crippen LogP contribution in [-0.2, 0) is 4.79 Å². The number of hydrogen-bond acceptors (Lipinski definition) is 8. The first kappa shape index (κ1) is 28.4. The van der Waals surface area contributed by atoms with E-state index < -0.39 is 17.4 Å². The molecule has 1 aliphatic heterocycles. The van der Waals surface area contributed by atoms with E-state index in [1.807, 2.05) is 41.9 Å². The van der Waals surface area contributed by atoms with Crippen molar-refractivity contribution >= 4 is 40.2 Å². The van der Waals surface area contributed by atoms with Gasteiger partial charge in [0.15, 0.2) is 0 Å². The summed E-state index contributed by atoms with van der Waals surface area (Å²) in [6.07, 6.45) is 2.54. The number of likely N-dealkylation sites (tertiary alicyclic amines) is 1. The highest BCUT2D eigenvalue weighted by Gasteiger charge is 2.41. The molecule has 1 aliphatic rings. The third kappa shape index (κ3) is 6.52. The van der Waals surface area contributed by atoms with E-state index in [2.05, 4.69) is 16.0 Å². The summed E-state index contributed by atoms with van der Waals surface area (Å²) in [5.41, 5.74) is 2.39. The number of aromatic nitrogens is 1. The Labute approximate surface area is 232 Å². The fraction of sp³-hybridized carbons (Fsp3) is 0.429. The molecule has 0 saturated carbocycles. The number of methoxy groups -OCH3 is 2. The summed E-state index contributed by atoms with van der Waals surface area (Å²) in [6, 6.07) is 13.4. The third-order valence-electron chi connectivity index (χ3n) is 7.41. The highest BCUT2D eigenvalue weighted by molar-refractivity contribution is 7.99. The number of rotatable bonds is 11. The van der Waals surface area contributed by atoms with Crippen LogP contribution in [0.2, 0.25) is 5.02 Å². The van der Waals surface area contributed by atoms with Crippen molar-refractivity contribution in [3.63, 3.8) is 0 Å². The summed E-state index contributed by atoms with van der Waals surface area (Å²) in [4.78, 5) is 20.7. The molecule has 8 nitrogen and oxygen atoms in total. The van der Waals surface area contributed by atoms with Crippen LogP contribution < -0.4 is 15.0 Å². The minimum absolute atomic E-state index is 0.315. The van der Waals surface area contributed by atoms with Crippen molar-refractivity contribution in [2.24, 2.45) is 5.41 Å². The second kappa shape index (κ2) is 13.0. The van der Waals surface area contributed by atoms with Gasteiger partial charge in [0.2, 0.25) is 5.91 Å². The van der Waals surface area contributed by atoms with E-state index in [1.165, 1.54) is 6.20 Å². The number of nitrogens with one attached hydrogen (secondary N) is 1. The van der Waals surface area contributed by atoms with Crippen molar-refractivity contribution in [2.75, 3.05) is 39.6 Å². The maximum Gasteiger partial charge on any atom is 0.249 e. The molecule has 3 aromatic rings. The van der Waals surface area contributed by atoms with Crippen LogP contribution in [0.4, 0.5) is 0 Å². The lowest BCUT2D eigenvalue weighted by atomic mass is 9.73. The Morgan fingerprint density at radius 2 is 1.92 bits per heavy atom. The average molecular weight is 560 g/mol. The van der Waals surface area contributed by atoms with Crippen molar-refractivity contribution in [3.8, 4) is 11.5 Å². The quantitative estimate of drug-likeness (QED) is 0.169. The molecular formula is C28H34ClN3O5S. The molecule has 204 valence electrons. The summed E-state index contributed by atoms with van der Waals surface area (Å²) >= 11 is 8.24. The van der Waals surface area contributed by atoms with Crippen LogP contribution in [0.25, 0.3) is 10.9 Å². The van der Waals surface area contributed by atoms with Gasteiger partial charge in [0.1, 0.15) is 11.5 Å². The maximum atomic E-state index is 12.8. The summed E-state index contributed by atoms with van der Waals surface area (Å²) in [7, 11) is 3.24. The molecule has 1 atom stereocenters. The van der Waals surface area contributed by atoms with Gasteiger partial charge in [-0.15, -0.1) is 11.8 Å². The number of hydroxylamine groups is 1. The smallest absolute Gasteiger partial charge is 0.249 e. The molecule has 0 bridgehead atoms. The van der Waals surface area contributed by atoms with Gasteiger partial charge < -0.3 is 19.5 Å². The van der Waals surface area contributed by atoms with Gasteiger partial charge in [-0.05, 0) is 75.2 Å². The van der Waals surface area contributed by atoms with Crippen LogP contribution in [-0.4, -0.2) is 65.7 Å². The molecule has 10 heteroatoms. The van der Waals surface area contributed by atoms with E-state index in [-0.39, 0.29) is 0 Å². The predicted molar refractivity (Wildman–Crippen MR) is 149 cm³/mol. The Morgan fingerprint density at radius 3 is 2.63 bits per heavy atom. The van der Waals surface area contributed by atoms with Crippen LogP contribution >= 0.6 is 23.4 Å². The van der Waals surface area contributed by atoms with E-state index in [9.17, 15) is 15.1 Å².